The lowest BCUT2D eigenvalue weighted by Crippen LogP contribution is -2.26. The molecular formula is C9H15N3. The molecule has 12 heavy (non-hydrogen) atoms. The van der Waals surface area contributed by atoms with Crippen molar-refractivity contribution >= 4 is 0 Å². The summed E-state index contributed by atoms with van der Waals surface area (Å²) in [6.45, 7) is 3.22. The molecule has 1 N–H and O–H groups in total. The molecule has 0 aromatic carbocycles. The van der Waals surface area contributed by atoms with E-state index in [1.54, 1.807) is 0 Å². The third-order valence-electron chi connectivity index (χ3n) is 2.48. The first-order valence-electron chi connectivity index (χ1n) is 4.41. The van der Waals surface area contributed by atoms with Crippen LogP contribution in [-0.2, 0) is 13.6 Å². The van der Waals surface area contributed by atoms with E-state index >= 15 is 0 Å². The second-order valence-corrected chi connectivity index (χ2v) is 3.94. The zero-order valence-corrected chi connectivity index (χ0v) is 7.67. The Hall–Kier alpha value is -0.830. The van der Waals surface area contributed by atoms with Gasteiger partial charge in [0, 0.05) is 30.9 Å². The van der Waals surface area contributed by atoms with E-state index < -0.39 is 0 Å². The van der Waals surface area contributed by atoms with Crippen LogP contribution in [0, 0.1) is 0 Å². The average Bonchev–Trinajstić information content (AvgIpc) is 2.60. The van der Waals surface area contributed by atoms with Gasteiger partial charge in [-0.15, -0.1) is 0 Å². The molecule has 66 valence electrons. The third-order valence-corrected chi connectivity index (χ3v) is 2.48. The molecule has 3 nitrogen and oxygen atoms in total. The monoisotopic (exact) mass is 165 g/mol. The largest absolute Gasteiger partial charge is 0.307 e. The number of hydrogen-bond acceptors (Lipinski definition) is 2. The van der Waals surface area contributed by atoms with E-state index in [0.717, 1.165) is 6.54 Å². The Morgan fingerprint density at radius 2 is 2.42 bits per heavy atom. The van der Waals surface area contributed by atoms with E-state index in [2.05, 4.69) is 23.5 Å². The summed E-state index contributed by atoms with van der Waals surface area (Å²) < 4.78 is 1.84. The van der Waals surface area contributed by atoms with Crippen molar-refractivity contribution in [2.45, 2.75) is 31.8 Å². The summed E-state index contributed by atoms with van der Waals surface area (Å²) in [7, 11) is 1.95. The number of hydrogen-bond donors (Lipinski definition) is 1. The summed E-state index contributed by atoms with van der Waals surface area (Å²) in [5.74, 6) is 0. The van der Waals surface area contributed by atoms with Gasteiger partial charge in [0.1, 0.15) is 0 Å². The molecule has 0 amide bonds. The first-order valence-corrected chi connectivity index (χ1v) is 4.41. The second kappa shape index (κ2) is 2.59. The molecule has 1 aliphatic carbocycles. The number of rotatable bonds is 3. The van der Waals surface area contributed by atoms with Crippen LogP contribution in [0.3, 0.4) is 0 Å². The average molecular weight is 165 g/mol. The Bertz CT molecular complexity index is 273. The summed E-state index contributed by atoms with van der Waals surface area (Å²) in [5.41, 5.74) is 1.70. The number of nitrogens with zero attached hydrogens (tertiary/aromatic N) is 2. The highest BCUT2D eigenvalue weighted by molar-refractivity contribution is 5.06. The van der Waals surface area contributed by atoms with E-state index in [1.807, 2.05) is 17.9 Å². The van der Waals surface area contributed by atoms with E-state index in [1.165, 1.54) is 18.4 Å². The van der Waals surface area contributed by atoms with Gasteiger partial charge in [0.05, 0.1) is 6.20 Å². The molecule has 0 atom stereocenters. The number of aryl methyl sites for hydroxylation is 1. The normalized spacial score (nSPS) is 19.5. The molecule has 1 heterocycles. The predicted octanol–water partition coefficient (Wildman–Crippen LogP) is 1.06. The van der Waals surface area contributed by atoms with E-state index in [-0.39, 0.29) is 0 Å². The highest BCUT2D eigenvalue weighted by atomic mass is 15.2. The molecule has 0 bridgehead atoms. The molecule has 0 aliphatic heterocycles. The molecule has 0 radical (unpaired) electrons. The molecule has 1 aromatic heterocycles. The van der Waals surface area contributed by atoms with Gasteiger partial charge in [-0.1, -0.05) is 0 Å². The Labute approximate surface area is 72.8 Å². The zero-order valence-electron chi connectivity index (χ0n) is 7.67. The van der Waals surface area contributed by atoms with Crippen molar-refractivity contribution in [1.29, 1.82) is 0 Å². The van der Waals surface area contributed by atoms with Gasteiger partial charge in [-0.25, -0.2) is 0 Å². The molecule has 3 heteroatoms. The minimum atomic E-state index is 0.426. The van der Waals surface area contributed by atoms with Crippen molar-refractivity contribution in [3.05, 3.63) is 18.0 Å². The Morgan fingerprint density at radius 3 is 2.92 bits per heavy atom. The van der Waals surface area contributed by atoms with E-state index in [0.29, 0.717) is 5.54 Å². The van der Waals surface area contributed by atoms with Gasteiger partial charge in [0.2, 0.25) is 0 Å². The van der Waals surface area contributed by atoms with Gasteiger partial charge in [-0.3, -0.25) is 4.68 Å². The molecule has 0 unspecified atom stereocenters. The predicted molar refractivity (Wildman–Crippen MR) is 47.7 cm³/mol. The van der Waals surface area contributed by atoms with Crippen LogP contribution >= 0.6 is 0 Å². The highest BCUT2D eigenvalue weighted by Crippen LogP contribution is 2.34. The molecule has 1 aliphatic rings. The van der Waals surface area contributed by atoms with Gasteiger partial charge in [0.25, 0.3) is 0 Å². The van der Waals surface area contributed by atoms with Gasteiger partial charge in [-0.05, 0) is 19.8 Å². The van der Waals surface area contributed by atoms with Crippen molar-refractivity contribution in [3.8, 4) is 0 Å². The van der Waals surface area contributed by atoms with Gasteiger partial charge in [0.15, 0.2) is 0 Å². The molecule has 0 spiro atoms. The fourth-order valence-corrected chi connectivity index (χ4v) is 1.24. The van der Waals surface area contributed by atoms with Crippen LogP contribution in [0.25, 0.3) is 0 Å². The van der Waals surface area contributed by atoms with Gasteiger partial charge < -0.3 is 5.32 Å². The quantitative estimate of drug-likeness (QED) is 0.726. The standard InChI is InChI=1S/C9H15N3/c1-9(3-4-9)10-5-8-6-11-12(2)7-8/h6-7,10H,3-5H2,1-2H3. The lowest BCUT2D eigenvalue weighted by molar-refractivity contribution is 0.537. The smallest absolute Gasteiger partial charge is 0.0534 e. The maximum atomic E-state index is 4.11. The summed E-state index contributed by atoms with van der Waals surface area (Å²) in [5, 5.41) is 7.62. The zero-order chi connectivity index (χ0) is 8.60. The number of aromatic nitrogens is 2. The van der Waals surface area contributed by atoms with Crippen LogP contribution in [0.4, 0.5) is 0 Å². The van der Waals surface area contributed by atoms with Gasteiger partial charge in [-0.2, -0.15) is 5.10 Å². The van der Waals surface area contributed by atoms with Crippen molar-refractivity contribution in [1.82, 2.24) is 15.1 Å². The fourth-order valence-electron chi connectivity index (χ4n) is 1.24. The summed E-state index contributed by atoms with van der Waals surface area (Å²) >= 11 is 0. The van der Waals surface area contributed by atoms with Gasteiger partial charge >= 0.3 is 0 Å². The minimum Gasteiger partial charge on any atom is -0.307 e. The van der Waals surface area contributed by atoms with Crippen LogP contribution in [-0.4, -0.2) is 15.3 Å². The number of nitrogens with one attached hydrogen (secondary N) is 1. The van der Waals surface area contributed by atoms with Crippen molar-refractivity contribution < 1.29 is 0 Å². The highest BCUT2D eigenvalue weighted by Gasteiger charge is 2.36. The fraction of sp³-hybridized carbons (Fsp3) is 0.667. The lowest BCUT2D eigenvalue weighted by Gasteiger charge is -2.08. The topological polar surface area (TPSA) is 29.9 Å². The lowest BCUT2D eigenvalue weighted by atomic mass is 10.3. The Balaban J connectivity index is 1.87. The van der Waals surface area contributed by atoms with Crippen LogP contribution < -0.4 is 5.32 Å². The maximum absolute atomic E-state index is 4.11. The van der Waals surface area contributed by atoms with Crippen LogP contribution in [0.1, 0.15) is 25.3 Å². The van der Waals surface area contributed by atoms with Crippen LogP contribution in [0.15, 0.2) is 12.4 Å². The van der Waals surface area contributed by atoms with E-state index in [9.17, 15) is 0 Å². The van der Waals surface area contributed by atoms with E-state index in [4.69, 9.17) is 0 Å². The molecule has 1 saturated carbocycles. The van der Waals surface area contributed by atoms with Crippen LogP contribution in [0.2, 0.25) is 0 Å². The molecular weight excluding hydrogens is 150 g/mol. The minimum absolute atomic E-state index is 0.426. The SMILES string of the molecule is Cn1cc(CNC2(C)CC2)cn1. The van der Waals surface area contributed by atoms with Crippen molar-refractivity contribution in [3.63, 3.8) is 0 Å². The molecule has 0 saturated heterocycles. The Kier molecular flexibility index (Phi) is 1.68. The second-order valence-electron chi connectivity index (χ2n) is 3.94. The van der Waals surface area contributed by atoms with Crippen molar-refractivity contribution in [2.24, 2.45) is 7.05 Å². The third kappa shape index (κ3) is 1.67. The summed E-state index contributed by atoms with van der Waals surface area (Å²) in [6, 6.07) is 0. The summed E-state index contributed by atoms with van der Waals surface area (Å²) in [4.78, 5) is 0. The molecule has 1 aromatic rings. The van der Waals surface area contributed by atoms with Crippen LogP contribution in [0.5, 0.6) is 0 Å². The Morgan fingerprint density at radius 1 is 1.67 bits per heavy atom. The maximum Gasteiger partial charge on any atom is 0.0534 e. The summed E-state index contributed by atoms with van der Waals surface area (Å²) in [6.07, 6.45) is 6.60. The molecule has 1 fully saturated rings. The first-order chi connectivity index (χ1) is 5.68. The first kappa shape index (κ1) is 7.80. The van der Waals surface area contributed by atoms with Crippen molar-refractivity contribution in [2.75, 3.05) is 0 Å². The molecule has 2 rings (SSSR count).